The smallest absolute Gasteiger partial charge is 0.325 e. The predicted molar refractivity (Wildman–Crippen MR) is 64.7 cm³/mol. The number of hydrogen-bond acceptors (Lipinski definition) is 2. The largest absolute Gasteiger partial charge is 0.480 e. The Hall–Kier alpha value is -1.91. The second-order valence-electron chi connectivity index (χ2n) is 4.64. The van der Waals surface area contributed by atoms with Gasteiger partial charge in [0.15, 0.2) is 0 Å². The van der Waals surface area contributed by atoms with Crippen molar-refractivity contribution in [3.8, 4) is 0 Å². The number of aliphatic carboxylic acids is 1. The van der Waals surface area contributed by atoms with Gasteiger partial charge in [-0.2, -0.15) is 0 Å². The number of halogens is 1. The molecule has 0 aliphatic heterocycles. The molecule has 5 heteroatoms. The highest BCUT2D eigenvalue weighted by molar-refractivity contribution is 5.90. The van der Waals surface area contributed by atoms with Gasteiger partial charge in [0, 0.05) is 5.56 Å². The monoisotopic (exact) mass is 253 g/mol. The van der Waals surface area contributed by atoms with E-state index in [1.165, 1.54) is 25.1 Å². The van der Waals surface area contributed by atoms with E-state index < -0.39 is 29.2 Å². The molecule has 4 nitrogen and oxygen atoms in total. The number of carbonyl (C=O) groups excluding carboxylic acids is 1. The average Bonchev–Trinajstić information content (AvgIpc) is 2.28. The molecule has 0 heterocycles. The van der Waals surface area contributed by atoms with Crippen LogP contribution in [-0.4, -0.2) is 23.0 Å². The Morgan fingerprint density at radius 2 is 1.89 bits per heavy atom. The number of rotatable bonds is 4. The minimum atomic E-state index is -1.13. The average molecular weight is 253 g/mol. The molecule has 98 valence electrons. The van der Waals surface area contributed by atoms with E-state index in [1.54, 1.807) is 19.9 Å². The van der Waals surface area contributed by atoms with Crippen molar-refractivity contribution in [2.45, 2.75) is 32.2 Å². The van der Waals surface area contributed by atoms with E-state index in [-0.39, 0.29) is 5.56 Å². The molecule has 2 N–H and O–H groups in total. The lowest BCUT2D eigenvalue weighted by molar-refractivity contribution is -0.142. The molecule has 0 bridgehead atoms. The molecule has 1 rings (SSSR count). The van der Waals surface area contributed by atoms with Crippen LogP contribution in [-0.2, 0) is 15.0 Å². The lowest BCUT2D eigenvalue weighted by Gasteiger charge is -2.25. The van der Waals surface area contributed by atoms with Crippen LogP contribution in [0.5, 0.6) is 0 Å². The second kappa shape index (κ2) is 5.16. The molecule has 0 unspecified atom stereocenters. The number of carboxylic acid groups (broad SMARTS) is 1. The van der Waals surface area contributed by atoms with Crippen LogP contribution in [0.1, 0.15) is 26.3 Å². The Bertz CT molecular complexity index is 471. The Labute approximate surface area is 105 Å². The quantitative estimate of drug-likeness (QED) is 0.858. The molecule has 0 spiro atoms. The highest BCUT2D eigenvalue weighted by Gasteiger charge is 2.33. The van der Waals surface area contributed by atoms with Crippen LogP contribution in [0.2, 0.25) is 0 Å². The number of carboxylic acids is 1. The molecule has 1 aromatic rings. The summed E-state index contributed by atoms with van der Waals surface area (Å²) in [5.41, 5.74) is -0.894. The summed E-state index contributed by atoms with van der Waals surface area (Å²) in [5, 5.41) is 11.1. The maximum absolute atomic E-state index is 13.6. The highest BCUT2D eigenvalue weighted by Crippen LogP contribution is 2.25. The summed E-state index contributed by atoms with van der Waals surface area (Å²) in [7, 11) is 0. The molecule has 0 aliphatic carbocycles. The van der Waals surface area contributed by atoms with Gasteiger partial charge in [-0.1, -0.05) is 18.2 Å². The molecule has 0 saturated heterocycles. The Kier molecular flexibility index (Phi) is 4.06. The fraction of sp³-hybridized carbons (Fsp3) is 0.385. The van der Waals surface area contributed by atoms with Crippen molar-refractivity contribution in [2.75, 3.05) is 0 Å². The standard InChI is InChI=1S/C13H16FNO3/c1-8(11(16)17)15-12(18)13(2,3)9-6-4-5-7-10(9)14/h4-8H,1-3H3,(H,15,18)(H,16,17)/t8-/m0/s1. The van der Waals surface area contributed by atoms with Crippen molar-refractivity contribution in [3.63, 3.8) is 0 Å². The first-order chi connectivity index (χ1) is 8.26. The highest BCUT2D eigenvalue weighted by atomic mass is 19.1. The molecule has 1 aromatic carbocycles. The molecular formula is C13H16FNO3. The normalized spacial score (nSPS) is 12.9. The summed E-state index contributed by atoms with van der Waals surface area (Å²) in [5.74, 6) is -2.14. The number of amides is 1. The predicted octanol–water partition coefficient (Wildman–Crippen LogP) is 1.69. The van der Waals surface area contributed by atoms with Crippen LogP contribution >= 0.6 is 0 Å². The van der Waals surface area contributed by atoms with Gasteiger partial charge in [-0.25, -0.2) is 4.39 Å². The van der Waals surface area contributed by atoms with Crippen LogP contribution in [0.4, 0.5) is 4.39 Å². The van der Waals surface area contributed by atoms with Crippen LogP contribution in [0.25, 0.3) is 0 Å². The van der Waals surface area contributed by atoms with Gasteiger partial charge in [0.25, 0.3) is 0 Å². The van der Waals surface area contributed by atoms with Gasteiger partial charge in [-0.15, -0.1) is 0 Å². The van der Waals surface area contributed by atoms with Gasteiger partial charge in [0.2, 0.25) is 5.91 Å². The first kappa shape index (κ1) is 14.2. The van der Waals surface area contributed by atoms with Gasteiger partial charge >= 0.3 is 5.97 Å². The zero-order valence-electron chi connectivity index (χ0n) is 10.5. The van der Waals surface area contributed by atoms with E-state index in [0.29, 0.717) is 0 Å². The second-order valence-corrected chi connectivity index (χ2v) is 4.64. The lowest BCUT2D eigenvalue weighted by Crippen LogP contribution is -2.47. The topological polar surface area (TPSA) is 66.4 Å². The summed E-state index contributed by atoms with van der Waals surface area (Å²) in [4.78, 5) is 22.7. The van der Waals surface area contributed by atoms with Crippen LogP contribution in [0, 0.1) is 5.82 Å². The summed E-state index contributed by atoms with van der Waals surface area (Å²) < 4.78 is 13.6. The van der Waals surface area contributed by atoms with Crippen molar-refractivity contribution < 1.29 is 19.1 Å². The summed E-state index contributed by atoms with van der Waals surface area (Å²) in [6.07, 6.45) is 0. The van der Waals surface area contributed by atoms with Crippen molar-refractivity contribution in [3.05, 3.63) is 35.6 Å². The van der Waals surface area contributed by atoms with Gasteiger partial charge < -0.3 is 10.4 Å². The number of benzene rings is 1. The van der Waals surface area contributed by atoms with Gasteiger partial charge in [0.1, 0.15) is 11.9 Å². The van der Waals surface area contributed by atoms with E-state index in [1.807, 2.05) is 0 Å². The molecule has 1 amide bonds. The molecule has 0 saturated carbocycles. The minimum Gasteiger partial charge on any atom is -0.480 e. The van der Waals surface area contributed by atoms with Crippen LogP contribution < -0.4 is 5.32 Å². The van der Waals surface area contributed by atoms with Gasteiger partial charge in [0.05, 0.1) is 5.41 Å². The van der Waals surface area contributed by atoms with Crippen molar-refractivity contribution in [1.29, 1.82) is 0 Å². The van der Waals surface area contributed by atoms with E-state index in [4.69, 9.17) is 5.11 Å². The van der Waals surface area contributed by atoms with Gasteiger partial charge in [-0.3, -0.25) is 9.59 Å². The summed E-state index contributed by atoms with van der Waals surface area (Å²) >= 11 is 0. The van der Waals surface area contributed by atoms with Gasteiger partial charge in [-0.05, 0) is 26.8 Å². The third kappa shape index (κ3) is 2.85. The first-order valence-electron chi connectivity index (χ1n) is 5.55. The number of nitrogens with one attached hydrogen (secondary N) is 1. The third-order valence-electron chi connectivity index (χ3n) is 2.83. The molecule has 1 atom stereocenters. The van der Waals surface area contributed by atoms with E-state index in [0.717, 1.165) is 0 Å². The number of hydrogen-bond donors (Lipinski definition) is 2. The van der Waals surface area contributed by atoms with Crippen LogP contribution in [0.3, 0.4) is 0 Å². The Morgan fingerprint density at radius 3 is 2.39 bits per heavy atom. The van der Waals surface area contributed by atoms with Crippen molar-refractivity contribution in [2.24, 2.45) is 0 Å². The van der Waals surface area contributed by atoms with E-state index in [2.05, 4.69) is 5.32 Å². The van der Waals surface area contributed by atoms with Crippen molar-refractivity contribution in [1.82, 2.24) is 5.32 Å². The van der Waals surface area contributed by atoms with E-state index in [9.17, 15) is 14.0 Å². The molecule has 0 radical (unpaired) electrons. The molecule has 18 heavy (non-hydrogen) atoms. The zero-order valence-corrected chi connectivity index (χ0v) is 10.5. The SMILES string of the molecule is C[C@H](NC(=O)C(C)(C)c1ccccc1F)C(=O)O. The summed E-state index contributed by atoms with van der Waals surface area (Å²) in [6.45, 7) is 4.46. The maximum atomic E-state index is 13.6. The molecule has 0 aliphatic rings. The first-order valence-corrected chi connectivity index (χ1v) is 5.55. The maximum Gasteiger partial charge on any atom is 0.325 e. The lowest BCUT2D eigenvalue weighted by atomic mass is 9.83. The number of carbonyl (C=O) groups is 2. The fourth-order valence-electron chi connectivity index (χ4n) is 1.53. The zero-order chi connectivity index (χ0) is 13.9. The molecule has 0 aromatic heterocycles. The van der Waals surface area contributed by atoms with E-state index >= 15 is 0 Å². The minimum absolute atomic E-state index is 0.236. The van der Waals surface area contributed by atoms with Crippen LogP contribution in [0.15, 0.2) is 24.3 Å². The molecular weight excluding hydrogens is 237 g/mol. The fourth-order valence-corrected chi connectivity index (χ4v) is 1.53. The Balaban J connectivity index is 2.97. The third-order valence-corrected chi connectivity index (χ3v) is 2.83. The summed E-state index contributed by atoms with van der Waals surface area (Å²) in [6, 6.07) is 4.94. The Morgan fingerprint density at radius 1 is 1.33 bits per heavy atom. The van der Waals surface area contributed by atoms with Crippen molar-refractivity contribution >= 4 is 11.9 Å². The molecule has 0 fully saturated rings.